The molecule has 0 unspecified atom stereocenters. The van der Waals surface area contributed by atoms with Crippen LogP contribution in [-0.4, -0.2) is 71.8 Å². The zero-order valence-electron chi connectivity index (χ0n) is 15.9. The Hall–Kier alpha value is -1.65. The molecular weight excluding hydrogens is 409 g/mol. The van der Waals surface area contributed by atoms with Gasteiger partial charge in [-0.1, -0.05) is 0 Å². The van der Waals surface area contributed by atoms with Crippen LogP contribution in [0, 0.1) is 11.8 Å². The Morgan fingerprint density at radius 2 is 1.97 bits per heavy atom. The predicted molar refractivity (Wildman–Crippen MR) is 100 cm³/mol. The fraction of sp³-hybridized carbons (Fsp3) is 0.684. The number of alkyl halides is 3. The number of amides is 1. The normalized spacial score (nSPS) is 25.0. The number of hydrogen-bond donors (Lipinski definition) is 1. The molecule has 162 valence electrons. The summed E-state index contributed by atoms with van der Waals surface area (Å²) in [5, 5.41) is 11.5. The summed E-state index contributed by atoms with van der Waals surface area (Å²) in [4.78, 5) is 25.8. The first-order valence-corrected chi connectivity index (χ1v) is 10.6. The second-order valence-electron chi connectivity index (χ2n) is 7.79. The van der Waals surface area contributed by atoms with Crippen molar-refractivity contribution in [1.82, 2.24) is 9.80 Å². The van der Waals surface area contributed by atoms with Crippen molar-refractivity contribution in [2.75, 3.05) is 32.8 Å². The average Bonchev–Trinajstić information content (AvgIpc) is 3.20. The molecule has 3 aliphatic rings. The first-order chi connectivity index (χ1) is 13.7. The molecule has 1 aliphatic carbocycles. The van der Waals surface area contributed by atoms with Crippen molar-refractivity contribution in [2.24, 2.45) is 11.8 Å². The third-order valence-electron chi connectivity index (χ3n) is 5.35. The van der Waals surface area contributed by atoms with Crippen molar-refractivity contribution in [3.63, 3.8) is 0 Å². The number of ether oxygens (including phenoxy) is 1. The number of fused-ring (bicyclic) bond motifs is 1. The molecule has 2 aliphatic heterocycles. The maximum Gasteiger partial charge on any atom is 0.490 e. The third kappa shape index (κ3) is 6.68. The molecule has 0 aromatic carbocycles. The minimum absolute atomic E-state index is 0.246. The van der Waals surface area contributed by atoms with E-state index in [0.29, 0.717) is 17.7 Å². The van der Waals surface area contributed by atoms with Gasteiger partial charge in [-0.3, -0.25) is 9.69 Å². The maximum atomic E-state index is 12.3. The van der Waals surface area contributed by atoms with E-state index in [4.69, 9.17) is 14.6 Å². The van der Waals surface area contributed by atoms with Crippen LogP contribution in [0.3, 0.4) is 0 Å². The Morgan fingerprint density at radius 1 is 1.24 bits per heavy atom. The molecule has 3 fully saturated rings. The molecule has 1 aromatic rings. The molecule has 0 bridgehead atoms. The minimum Gasteiger partial charge on any atom is -0.475 e. The second kappa shape index (κ2) is 9.44. The van der Waals surface area contributed by atoms with E-state index in [-0.39, 0.29) is 6.10 Å². The number of carbonyl (C=O) groups is 2. The van der Waals surface area contributed by atoms with E-state index in [0.717, 1.165) is 45.8 Å². The van der Waals surface area contributed by atoms with E-state index in [9.17, 15) is 18.0 Å². The highest BCUT2D eigenvalue weighted by Crippen LogP contribution is 2.34. The van der Waals surface area contributed by atoms with E-state index >= 15 is 0 Å². The Balaban J connectivity index is 0.000000298. The highest BCUT2D eigenvalue weighted by molar-refractivity contribution is 7.07. The third-order valence-corrected chi connectivity index (χ3v) is 6.09. The molecule has 4 rings (SSSR count). The molecule has 1 amide bonds. The zero-order valence-corrected chi connectivity index (χ0v) is 16.8. The molecule has 10 heteroatoms. The van der Waals surface area contributed by atoms with Gasteiger partial charge in [0.15, 0.2) is 0 Å². The van der Waals surface area contributed by atoms with Crippen LogP contribution < -0.4 is 0 Å². The Labute approximate surface area is 171 Å². The fourth-order valence-corrected chi connectivity index (χ4v) is 4.31. The van der Waals surface area contributed by atoms with Gasteiger partial charge in [-0.2, -0.15) is 24.5 Å². The predicted octanol–water partition coefficient (Wildman–Crippen LogP) is 2.84. The molecule has 1 aromatic heterocycles. The van der Waals surface area contributed by atoms with Gasteiger partial charge in [-0.25, -0.2) is 4.79 Å². The van der Waals surface area contributed by atoms with Crippen LogP contribution >= 0.6 is 11.3 Å². The molecule has 6 nitrogen and oxygen atoms in total. The van der Waals surface area contributed by atoms with Crippen molar-refractivity contribution in [3.8, 4) is 0 Å². The van der Waals surface area contributed by atoms with E-state index in [1.54, 1.807) is 11.3 Å². The number of aliphatic carboxylic acids is 1. The lowest BCUT2D eigenvalue weighted by Crippen LogP contribution is -2.33. The summed E-state index contributed by atoms with van der Waals surface area (Å²) >= 11 is 1.76. The highest BCUT2D eigenvalue weighted by atomic mass is 32.1. The maximum absolute atomic E-state index is 12.3. The van der Waals surface area contributed by atoms with Gasteiger partial charge < -0.3 is 14.7 Å². The van der Waals surface area contributed by atoms with Gasteiger partial charge in [0, 0.05) is 45.1 Å². The molecule has 0 radical (unpaired) electrons. The number of thiophene rings is 1. The van der Waals surface area contributed by atoms with Crippen LogP contribution in [0.1, 0.15) is 24.8 Å². The summed E-state index contributed by atoms with van der Waals surface area (Å²) in [5.41, 5.74) is 1.39. The quantitative estimate of drug-likeness (QED) is 0.789. The summed E-state index contributed by atoms with van der Waals surface area (Å²) in [7, 11) is 0. The number of carboxylic acid groups (broad SMARTS) is 1. The number of halogens is 3. The number of likely N-dealkylation sites (tertiary alicyclic amines) is 1. The van der Waals surface area contributed by atoms with Crippen molar-refractivity contribution in [1.29, 1.82) is 0 Å². The van der Waals surface area contributed by atoms with Gasteiger partial charge in [0.1, 0.15) is 0 Å². The monoisotopic (exact) mass is 434 g/mol. The molecule has 1 N–H and O–H groups in total. The Kier molecular flexibility index (Phi) is 7.18. The molecule has 29 heavy (non-hydrogen) atoms. The van der Waals surface area contributed by atoms with E-state index < -0.39 is 12.1 Å². The summed E-state index contributed by atoms with van der Waals surface area (Å²) in [6, 6.07) is 2.20. The average molecular weight is 434 g/mol. The van der Waals surface area contributed by atoms with E-state index in [1.807, 2.05) is 0 Å². The van der Waals surface area contributed by atoms with Gasteiger partial charge in [-0.15, -0.1) is 0 Å². The lowest BCUT2D eigenvalue weighted by molar-refractivity contribution is -0.192. The first kappa shape index (κ1) is 22.0. The number of hydrogen-bond acceptors (Lipinski definition) is 5. The second-order valence-corrected chi connectivity index (χ2v) is 8.57. The van der Waals surface area contributed by atoms with Crippen LogP contribution in [0.4, 0.5) is 13.2 Å². The number of nitrogens with zero attached hydrogens (tertiary/aromatic N) is 2. The van der Waals surface area contributed by atoms with E-state index in [2.05, 4.69) is 26.6 Å². The molecule has 2 saturated heterocycles. The first-order valence-electron chi connectivity index (χ1n) is 9.65. The molecule has 1 saturated carbocycles. The van der Waals surface area contributed by atoms with Crippen molar-refractivity contribution in [2.45, 2.75) is 38.1 Å². The molecule has 3 heterocycles. The lowest BCUT2D eigenvalue weighted by atomic mass is 10.1. The van der Waals surface area contributed by atoms with Crippen molar-refractivity contribution in [3.05, 3.63) is 22.4 Å². The Bertz CT molecular complexity index is 694. The highest BCUT2D eigenvalue weighted by Gasteiger charge is 2.39. The van der Waals surface area contributed by atoms with Gasteiger partial charge in [-0.05, 0) is 41.1 Å². The summed E-state index contributed by atoms with van der Waals surface area (Å²) in [6.07, 6.45) is -1.58. The van der Waals surface area contributed by atoms with Gasteiger partial charge >= 0.3 is 12.1 Å². The SMILES string of the molecule is O=C(CC1CC1)N1C[C@@H]2CN(Cc3ccsc3)CCO[C@@H]2C1.O=C(O)C(F)(F)F. The largest absolute Gasteiger partial charge is 0.490 e. The van der Waals surface area contributed by atoms with Crippen LogP contribution in [0.15, 0.2) is 16.8 Å². The standard InChI is InChI=1S/C17H24N2O2S.C2HF3O2/c20-17(7-13-1-2-13)19-10-15-9-18(4-5-21-16(15)11-19)8-14-3-6-22-12-14;3-2(4,5)1(6)7/h3,6,12-13,15-16H,1-2,4-5,7-11H2;(H,6,7)/t15-,16+;/m0./s1. The van der Waals surface area contributed by atoms with Crippen LogP contribution in [0.5, 0.6) is 0 Å². The zero-order chi connectivity index (χ0) is 21.0. The minimum atomic E-state index is -5.08. The van der Waals surface area contributed by atoms with Crippen LogP contribution in [-0.2, 0) is 20.9 Å². The summed E-state index contributed by atoms with van der Waals surface area (Å²) in [5.74, 6) is -1.26. The molecule has 2 atom stereocenters. The topological polar surface area (TPSA) is 70.1 Å². The smallest absolute Gasteiger partial charge is 0.475 e. The van der Waals surface area contributed by atoms with Crippen LogP contribution in [0.25, 0.3) is 0 Å². The summed E-state index contributed by atoms with van der Waals surface area (Å²) < 4.78 is 37.8. The molecular formula is C19H25F3N2O4S. The fourth-order valence-electron chi connectivity index (χ4n) is 3.65. The molecule has 0 spiro atoms. The number of carboxylic acids is 1. The van der Waals surface area contributed by atoms with Crippen molar-refractivity contribution < 1.29 is 32.6 Å². The lowest BCUT2D eigenvalue weighted by Gasteiger charge is -2.23. The summed E-state index contributed by atoms with van der Waals surface area (Å²) in [6.45, 7) is 5.54. The van der Waals surface area contributed by atoms with Gasteiger partial charge in [0.2, 0.25) is 5.91 Å². The van der Waals surface area contributed by atoms with E-state index in [1.165, 1.54) is 18.4 Å². The van der Waals surface area contributed by atoms with Crippen molar-refractivity contribution >= 4 is 23.2 Å². The van der Waals surface area contributed by atoms with Gasteiger partial charge in [0.05, 0.1) is 12.7 Å². The van der Waals surface area contributed by atoms with Gasteiger partial charge in [0.25, 0.3) is 0 Å². The number of carbonyl (C=O) groups excluding carboxylic acids is 1. The van der Waals surface area contributed by atoms with Crippen LogP contribution in [0.2, 0.25) is 0 Å². The Morgan fingerprint density at radius 3 is 2.55 bits per heavy atom. The number of rotatable bonds is 4.